The Labute approximate surface area is 282 Å². The molecule has 0 heterocycles. The van der Waals surface area contributed by atoms with Crippen LogP contribution in [0.5, 0.6) is 0 Å². The second kappa shape index (κ2) is 15.6. The van der Waals surface area contributed by atoms with Crippen molar-refractivity contribution in [2.45, 2.75) is 64.1 Å². The molecule has 2 amide bonds. The van der Waals surface area contributed by atoms with Gasteiger partial charge in [0.1, 0.15) is 12.6 Å². The molecule has 7 nitrogen and oxygen atoms in total. The van der Waals surface area contributed by atoms with Crippen LogP contribution in [0.1, 0.15) is 43.0 Å². The molecule has 0 radical (unpaired) electrons. The molecule has 46 heavy (non-hydrogen) atoms. The molecule has 0 saturated carbocycles. The summed E-state index contributed by atoms with van der Waals surface area (Å²) in [5, 5.41) is 3.71. The molecular formula is C36H39Cl2N3O4S. The smallest absolute Gasteiger partial charge is 0.264 e. The molecule has 0 spiro atoms. The molecule has 0 aromatic heterocycles. The summed E-state index contributed by atoms with van der Waals surface area (Å²) >= 11 is 12.8. The Hall–Kier alpha value is -3.85. The molecule has 0 saturated heterocycles. The van der Waals surface area contributed by atoms with Crippen molar-refractivity contribution < 1.29 is 18.0 Å². The highest BCUT2D eigenvalue weighted by Gasteiger charge is 2.35. The SMILES string of the molecule is CCc1ccccc1N(CC(=O)N(Cc1ccc(Cl)cc1Cl)C(Cc1ccccc1)C(=O)NC(C)C)S(=O)(=O)c1ccc(C)cc1. The predicted octanol–water partition coefficient (Wildman–Crippen LogP) is 7.22. The van der Waals surface area contributed by atoms with Gasteiger partial charge in [0.05, 0.1) is 10.6 Å². The first-order chi connectivity index (χ1) is 21.9. The van der Waals surface area contributed by atoms with Crippen molar-refractivity contribution in [2.24, 2.45) is 0 Å². The predicted molar refractivity (Wildman–Crippen MR) is 186 cm³/mol. The first-order valence-electron chi connectivity index (χ1n) is 15.2. The van der Waals surface area contributed by atoms with Crippen LogP contribution in [-0.2, 0) is 39.0 Å². The first kappa shape index (κ1) is 35.0. The number of hydrogen-bond donors (Lipinski definition) is 1. The maximum absolute atomic E-state index is 14.6. The van der Waals surface area contributed by atoms with Crippen molar-refractivity contribution in [2.75, 3.05) is 10.8 Å². The summed E-state index contributed by atoms with van der Waals surface area (Å²) in [6.45, 7) is 6.90. The maximum Gasteiger partial charge on any atom is 0.264 e. The molecule has 10 heteroatoms. The fourth-order valence-corrected chi connectivity index (χ4v) is 7.09. The topological polar surface area (TPSA) is 86.8 Å². The van der Waals surface area contributed by atoms with E-state index in [-0.39, 0.29) is 29.8 Å². The van der Waals surface area contributed by atoms with Gasteiger partial charge in [-0.1, -0.05) is 102 Å². The van der Waals surface area contributed by atoms with E-state index in [1.165, 1.54) is 17.0 Å². The van der Waals surface area contributed by atoms with Crippen LogP contribution in [0.25, 0.3) is 0 Å². The third-order valence-corrected chi connectivity index (χ3v) is 9.95. The number of rotatable bonds is 13. The van der Waals surface area contributed by atoms with Gasteiger partial charge in [0.25, 0.3) is 10.0 Å². The number of halogens is 2. The molecular weight excluding hydrogens is 641 g/mol. The molecule has 0 bridgehead atoms. The lowest BCUT2D eigenvalue weighted by atomic mass is 10.0. The quantitative estimate of drug-likeness (QED) is 0.162. The third kappa shape index (κ3) is 8.69. The van der Waals surface area contributed by atoms with Gasteiger partial charge in [-0.15, -0.1) is 0 Å². The maximum atomic E-state index is 14.6. The van der Waals surface area contributed by atoms with Crippen molar-refractivity contribution in [3.63, 3.8) is 0 Å². The Morgan fingerprint density at radius 2 is 1.50 bits per heavy atom. The molecule has 1 unspecified atom stereocenters. The molecule has 4 aromatic rings. The van der Waals surface area contributed by atoms with Gasteiger partial charge >= 0.3 is 0 Å². The van der Waals surface area contributed by atoms with E-state index in [9.17, 15) is 18.0 Å². The summed E-state index contributed by atoms with van der Waals surface area (Å²) in [6, 6.07) is 26.8. The lowest BCUT2D eigenvalue weighted by Gasteiger charge is -2.34. The number of aryl methyl sites for hydroxylation is 2. The number of carbonyl (C=O) groups is 2. The van der Waals surface area contributed by atoms with Gasteiger partial charge in [0.15, 0.2) is 0 Å². The molecule has 1 atom stereocenters. The van der Waals surface area contributed by atoms with Crippen molar-refractivity contribution in [1.29, 1.82) is 0 Å². The Morgan fingerprint density at radius 3 is 2.13 bits per heavy atom. The Bertz CT molecular complexity index is 1760. The number of nitrogens with zero attached hydrogens (tertiary/aromatic N) is 2. The molecule has 242 valence electrons. The summed E-state index contributed by atoms with van der Waals surface area (Å²) < 4.78 is 29.7. The first-order valence-corrected chi connectivity index (χ1v) is 17.3. The van der Waals surface area contributed by atoms with Gasteiger partial charge in [-0.05, 0) is 74.2 Å². The molecule has 0 aliphatic heterocycles. The standard InChI is InChI=1S/C36H39Cl2N3O4S/c1-5-28-13-9-10-14-33(28)41(46(44,45)31-19-15-26(4)16-20-31)24-35(42)40(23-29-17-18-30(37)22-32(29)38)34(36(43)39-25(2)3)21-27-11-7-6-8-12-27/h6-20,22,25,34H,5,21,23-24H2,1-4H3,(H,39,43). The molecule has 0 aliphatic rings. The van der Waals surface area contributed by atoms with Crippen LogP contribution < -0.4 is 9.62 Å². The van der Waals surface area contributed by atoms with Crippen LogP contribution in [-0.4, -0.2) is 43.8 Å². The van der Waals surface area contributed by atoms with Gasteiger partial charge in [0, 0.05) is 29.1 Å². The van der Waals surface area contributed by atoms with Crippen LogP contribution in [0.3, 0.4) is 0 Å². The molecule has 4 rings (SSSR count). The van der Waals surface area contributed by atoms with E-state index >= 15 is 0 Å². The second-order valence-corrected chi connectivity index (χ2v) is 14.1. The molecule has 0 fully saturated rings. The number of anilines is 1. The minimum atomic E-state index is -4.20. The summed E-state index contributed by atoms with van der Waals surface area (Å²) in [5.41, 5.74) is 3.47. The summed E-state index contributed by atoms with van der Waals surface area (Å²) in [4.78, 5) is 30.0. The van der Waals surface area contributed by atoms with E-state index < -0.39 is 28.5 Å². The monoisotopic (exact) mass is 679 g/mol. The van der Waals surface area contributed by atoms with Crippen molar-refractivity contribution in [1.82, 2.24) is 10.2 Å². The zero-order chi connectivity index (χ0) is 33.4. The lowest BCUT2D eigenvalue weighted by molar-refractivity contribution is -0.140. The number of hydrogen-bond acceptors (Lipinski definition) is 4. The average Bonchev–Trinajstić information content (AvgIpc) is 3.02. The van der Waals surface area contributed by atoms with Gasteiger partial charge in [0.2, 0.25) is 11.8 Å². The van der Waals surface area contributed by atoms with Gasteiger partial charge < -0.3 is 10.2 Å². The normalized spacial score (nSPS) is 12.1. The second-order valence-electron chi connectivity index (χ2n) is 11.4. The number of nitrogens with one attached hydrogen (secondary N) is 1. The summed E-state index contributed by atoms with van der Waals surface area (Å²) in [5.74, 6) is -0.924. The largest absolute Gasteiger partial charge is 0.352 e. The Morgan fingerprint density at radius 1 is 0.848 bits per heavy atom. The zero-order valence-corrected chi connectivity index (χ0v) is 28.7. The van der Waals surface area contributed by atoms with Crippen LogP contribution >= 0.6 is 23.2 Å². The van der Waals surface area contributed by atoms with Gasteiger partial charge in [-0.3, -0.25) is 13.9 Å². The number of amides is 2. The van der Waals surface area contributed by atoms with Crippen molar-refractivity contribution in [3.8, 4) is 0 Å². The highest BCUT2D eigenvalue weighted by Crippen LogP contribution is 2.29. The molecule has 4 aromatic carbocycles. The van der Waals surface area contributed by atoms with Crippen LogP contribution in [0.4, 0.5) is 5.69 Å². The average molecular weight is 681 g/mol. The van der Waals surface area contributed by atoms with Crippen molar-refractivity contribution >= 4 is 50.7 Å². The van der Waals surface area contributed by atoms with E-state index in [1.54, 1.807) is 42.5 Å². The van der Waals surface area contributed by atoms with E-state index in [1.807, 2.05) is 70.2 Å². The minimum absolute atomic E-state index is 0.0499. The Balaban J connectivity index is 1.85. The van der Waals surface area contributed by atoms with E-state index in [0.29, 0.717) is 27.7 Å². The van der Waals surface area contributed by atoms with E-state index in [0.717, 1.165) is 21.0 Å². The van der Waals surface area contributed by atoms with Gasteiger partial charge in [-0.25, -0.2) is 8.42 Å². The number of benzene rings is 4. The number of carbonyl (C=O) groups excluding carboxylic acids is 2. The fraction of sp³-hybridized carbons (Fsp3) is 0.278. The number of sulfonamides is 1. The van der Waals surface area contributed by atoms with Crippen molar-refractivity contribution in [3.05, 3.63) is 129 Å². The molecule has 0 aliphatic carbocycles. The highest BCUT2D eigenvalue weighted by molar-refractivity contribution is 7.92. The Kier molecular flexibility index (Phi) is 11.9. The number of para-hydroxylation sites is 1. The van der Waals surface area contributed by atoms with Gasteiger partial charge in [-0.2, -0.15) is 0 Å². The minimum Gasteiger partial charge on any atom is -0.352 e. The lowest BCUT2D eigenvalue weighted by Crippen LogP contribution is -2.54. The summed E-state index contributed by atoms with van der Waals surface area (Å²) in [6.07, 6.45) is 0.744. The molecule has 1 N–H and O–H groups in total. The summed E-state index contributed by atoms with van der Waals surface area (Å²) in [7, 11) is -4.20. The zero-order valence-electron chi connectivity index (χ0n) is 26.4. The van der Waals surface area contributed by atoms with Crippen LogP contribution in [0.2, 0.25) is 10.0 Å². The fourth-order valence-electron chi connectivity index (χ4n) is 5.17. The third-order valence-electron chi connectivity index (χ3n) is 7.59. The van der Waals surface area contributed by atoms with E-state index in [4.69, 9.17) is 23.2 Å². The van der Waals surface area contributed by atoms with E-state index in [2.05, 4.69) is 5.32 Å². The highest BCUT2D eigenvalue weighted by atomic mass is 35.5. The van der Waals surface area contributed by atoms with Crippen LogP contribution in [0, 0.1) is 6.92 Å². The van der Waals surface area contributed by atoms with Crippen LogP contribution in [0.15, 0.2) is 102 Å².